The molecule has 7 heteroatoms. The Hall–Kier alpha value is -1.80. The van der Waals surface area contributed by atoms with Crippen molar-refractivity contribution in [2.75, 3.05) is 46.1 Å². The number of ether oxygens (including phenoxy) is 2. The molecular weight excluding hydrogens is 330 g/mol. The van der Waals surface area contributed by atoms with Gasteiger partial charge in [-0.2, -0.15) is 0 Å². The van der Waals surface area contributed by atoms with Crippen LogP contribution in [0.1, 0.15) is 23.9 Å². The van der Waals surface area contributed by atoms with Gasteiger partial charge in [0.25, 0.3) is 0 Å². The van der Waals surface area contributed by atoms with Crippen molar-refractivity contribution in [2.45, 2.75) is 18.5 Å². The fourth-order valence-corrected chi connectivity index (χ4v) is 3.96. The van der Waals surface area contributed by atoms with Gasteiger partial charge in [0.2, 0.25) is 0 Å². The van der Waals surface area contributed by atoms with E-state index in [2.05, 4.69) is 25.2 Å². The number of nitrogens with one attached hydrogen (secondary N) is 2. The molecule has 2 saturated heterocycles. The first-order valence-corrected chi connectivity index (χ1v) is 9.44. The Morgan fingerprint density at radius 3 is 2.69 bits per heavy atom. The average molecular weight is 357 g/mol. The number of hydrogen-bond donors (Lipinski definition) is 2. The number of pyridine rings is 1. The summed E-state index contributed by atoms with van der Waals surface area (Å²) < 4.78 is 11.2. The van der Waals surface area contributed by atoms with E-state index in [1.54, 1.807) is 6.20 Å². The van der Waals surface area contributed by atoms with Crippen LogP contribution in [0.15, 0.2) is 36.9 Å². The van der Waals surface area contributed by atoms with Crippen LogP contribution in [-0.2, 0) is 9.47 Å². The van der Waals surface area contributed by atoms with Crippen molar-refractivity contribution in [3.8, 4) is 0 Å². The Morgan fingerprint density at radius 1 is 1.15 bits per heavy atom. The van der Waals surface area contributed by atoms with E-state index in [4.69, 9.17) is 9.47 Å². The second kappa shape index (κ2) is 8.73. The zero-order valence-electron chi connectivity index (χ0n) is 15.0. The van der Waals surface area contributed by atoms with E-state index in [-0.39, 0.29) is 6.04 Å². The largest absolute Gasteiger partial charge is 0.381 e. The molecule has 0 saturated carbocycles. The molecular formula is C19H27N5O2. The van der Waals surface area contributed by atoms with Gasteiger partial charge in [0.1, 0.15) is 5.82 Å². The van der Waals surface area contributed by atoms with Crippen molar-refractivity contribution in [1.82, 2.24) is 25.2 Å². The van der Waals surface area contributed by atoms with E-state index < -0.39 is 0 Å². The maximum atomic E-state index is 5.68. The molecule has 0 unspecified atom stereocenters. The summed E-state index contributed by atoms with van der Waals surface area (Å²) in [5.74, 6) is 1.50. The van der Waals surface area contributed by atoms with Gasteiger partial charge in [0.15, 0.2) is 0 Å². The Kier molecular flexibility index (Phi) is 5.91. The summed E-state index contributed by atoms with van der Waals surface area (Å²) in [6.07, 6.45) is 8.46. The van der Waals surface area contributed by atoms with Crippen molar-refractivity contribution in [1.29, 1.82) is 0 Å². The smallest absolute Gasteiger partial charge is 0.127 e. The van der Waals surface area contributed by atoms with E-state index in [0.717, 1.165) is 58.3 Å². The Morgan fingerprint density at radius 2 is 2.00 bits per heavy atom. The fraction of sp³-hybridized carbons (Fsp3) is 0.579. The third-order valence-corrected chi connectivity index (χ3v) is 5.39. The fourth-order valence-electron chi connectivity index (χ4n) is 3.96. The molecule has 0 aromatic carbocycles. The van der Waals surface area contributed by atoms with Crippen molar-refractivity contribution in [3.63, 3.8) is 0 Å². The molecule has 2 aliphatic heterocycles. The van der Waals surface area contributed by atoms with Crippen molar-refractivity contribution >= 4 is 0 Å². The van der Waals surface area contributed by atoms with Crippen LogP contribution in [0.4, 0.5) is 0 Å². The highest BCUT2D eigenvalue weighted by molar-refractivity contribution is 5.22. The summed E-state index contributed by atoms with van der Waals surface area (Å²) in [7, 11) is 0. The number of hydrogen-bond acceptors (Lipinski definition) is 6. The number of morpholine rings is 1. The molecule has 2 aromatic rings. The lowest BCUT2D eigenvalue weighted by molar-refractivity contribution is 0.000998. The molecule has 2 aliphatic rings. The third-order valence-electron chi connectivity index (χ3n) is 5.39. The number of aromatic amines is 1. The van der Waals surface area contributed by atoms with Crippen LogP contribution in [0.3, 0.4) is 0 Å². The third kappa shape index (κ3) is 4.12. The lowest BCUT2D eigenvalue weighted by atomic mass is 9.96. The first-order chi connectivity index (χ1) is 12.9. The molecule has 140 valence electrons. The van der Waals surface area contributed by atoms with Crippen LogP contribution in [0, 0.1) is 5.92 Å². The van der Waals surface area contributed by atoms with Crippen molar-refractivity contribution in [3.05, 3.63) is 48.3 Å². The summed E-state index contributed by atoms with van der Waals surface area (Å²) in [6, 6.07) is 4.56. The van der Waals surface area contributed by atoms with Crippen LogP contribution in [0.5, 0.6) is 0 Å². The van der Waals surface area contributed by atoms with Gasteiger partial charge in [-0.3, -0.25) is 9.88 Å². The Labute approximate surface area is 154 Å². The van der Waals surface area contributed by atoms with Gasteiger partial charge in [0.05, 0.1) is 25.9 Å². The molecule has 4 heterocycles. The summed E-state index contributed by atoms with van der Waals surface area (Å²) in [6.45, 7) is 6.22. The van der Waals surface area contributed by atoms with Crippen LogP contribution in [-0.4, -0.2) is 72.0 Å². The van der Waals surface area contributed by atoms with E-state index in [1.165, 1.54) is 5.56 Å². The van der Waals surface area contributed by atoms with Gasteiger partial charge in [-0.05, 0) is 24.1 Å². The Bertz CT molecular complexity index is 639. The van der Waals surface area contributed by atoms with Crippen LogP contribution in [0.25, 0.3) is 0 Å². The predicted molar refractivity (Wildman–Crippen MR) is 97.8 cm³/mol. The Balaban J connectivity index is 1.50. The van der Waals surface area contributed by atoms with Crippen molar-refractivity contribution in [2.24, 2.45) is 5.92 Å². The number of H-pyrrole nitrogens is 1. The van der Waals surface area contributed by atoms with E-state index in [9.17, 15) is 0 Å². The number of rotatable bonds is 7. The van der Waals surface area contributed by atoms with Crippen LogP contribution >= 0.6 is 0 Å². The maximum Gasteiger partial charge on any atom is 0.127 e. The van der Waals surface area contributed by atoms with E-state index >= 15 is 0 Å². The molecule has 0 spiro atoms. The quantitative estimate of drug-likeness (QED) is 0.776. The highest BCUT2D eigenvalue weighted by Gasteiger charge is 2.32. The lowest BCUT2D eigenvalue weighted by Gasteiger charge is -2.38. The normalized spacial score (nSPS) is 23.8. The minimum atomic E-state index is 0.0267. The minimum absolute atomic E-state index is 0.0267. The van der Waals surface area contributed by atoms with Gasteiger partial charge in [-0.1, -0.05) is 0 Å². The standard InChI is InChI=1S/C19H27N5O2/c1-4-20-5-2-15(1)18(19-21-6-7-22-19)23-13-17(16-3-10-26-14-16)24-8-11-25-12-9-24/h1-2,4-7,16-18,23H,3,8-14H2,(H,21,22)/t16-,17+,18+/m1/s1. The maximum absolute atomic E-state index is 5.68. The van der Waals surface area contributed by atoms with Gasteiger partial charge in [0, 0.05) is 63.0 Å². The highest BCUT2D eigenvalue weighted by atomic mass is 16.5. The molecule has 0 aliphatic carbocycles. The molecule has 2 fully saturated rings. The monoisotopic (exact) mass is 357 g/mol. The molecule has 2 aromatic heterocycles. The molecule has 2 N–H and O–H groups in total. The zero-order valence-corrected chi connectivity index (χ0v) is 15.0. The predicted octanol–water partition coefficient (Wildman–Crippen LogP) is 1.22. The number of imidazole rings is 1. The van der Waals surface area contributed by atoms with Gasteiger partial charge >= 0.3 is 0 Å². The lowest BCUT2D eigenvalue weighted by Crippen LogP contribution is -2.52. The second-order valence-corrected chi connectivity index (χ2v) is 6.94. The molecule has 7 nitrogen and oxygen atoms in total. The zero-order chi connectivity index (χ0) is 17.6. The first-order valence-electron chi connectivity index (χ1n) is 9.44. The van der Waals surface area contributed by atoms with Crippen LogP contribution < -0.4 is 5.32 Å². The molecule has 4 rings (SSSR count). The topological polar surface area (TPSA) is 75.3 Å². The van der Waals surface area contributed by atoms with Crippen LogP contribution in [0.2, 0.25) is 0 Å². The minimum Gasteiger partial charge on any atom is -0.381 e. The second-order valence-electron chi connectivity index (χ2n) is 6.94. The van der Waals surface area contributed by atoms with Crippen molar-refractivity contribution < 1.29 is 9.47 Å². The average Bonchev–Trinajstić information content (AvgIpc) is 3.41. The summed E-state index contributed by atoms with van der Waals surface area (Å²) in [5, 5.41) is 3.75. The number of aromatic nitrogens is 3. The molecule has 3 atom stereocenters. The van der Waals surface area contributed by atoms with E-state index in [1.807, 2.05) is 30.7 Å². The van der Waals surface area contributed by atoms with Gasteiger partial charge in [-0.15, -0.1) is 0 Å². The summed E-state index contributed by atoms with van der Waals surface area (Å²) in [4.78, 5) is 14.4. The van der Waals surface area contributed by atoms with Gasteiger partial charge in [-0.25, -0.2) is 4.98 Å². The van der Waals surface area contributed by atoms with Gasteiger partial charge < -0.3 is 19.8 Å². The molecule has 0 bridgehead atoms. The molecule has 0 amide bonds. The summed E-state index contributed by atoms with van der Waals surface area (Å²) in [5.41, 5.74) is 1.17. The first kappa shape index (κ1) is 17.6. The number of nitrogens with zero attached hydrogens (tertiary/aromatic N) is 3. The summed E-state index contributed by atoms with van der Waals surface area (Å²) >= 11 is 0. The van der Waals surface area contributed by atoms with E-state index in [0.29, 0.717) is 12.0 Å². The SMILES string of the molecule is c1cc([C@H](NC[C@@H]([C@@H]2CCOC2)N2CCOCC2)c2ncc[nH]2)ccn1. The highest BCUT2D eigenvalue weighted by Crippen LogP contribution is 2.24. The molecule has 0 radical (unpaired) electrons. The molecule has 26 heavy (non-hydrogen) atoms.